The molecule has 1 saturated heterocycles. The maximum atomic E-state index is 12.9. The average Bonchev–Trinajstić information content (AvgIpc) is 2.86. The Labute approximate surface area is 130 Å². The number of hydrogen-bond donors (Lipinski definition) is 0. The van der Waals surface area contributed by atoms with Gasteiger partial charge in [0.25, 0.3) is 5.91 Å². The van der Waals surface area contributed by atoms with Gasteiger partial charge in [0, 0.05) is 23.1 Å². The SMILES string of the molecule is CCCC1CCN(C(=O)c2ccc(Br)c(C(F)(F)F)c2)C1. The van der Waals surface area contributed by atoms with Gasteiger partial charge >= 0.3 is 6.18 Å². The molecule has 0 saturated carbocycles. The summed E-state index contributed by atoms with van der Waals surface area (Å²) in [5.74, 6) is 0.156. The first kappa shape index (κ1) is 16.3. The zero-order valence-electron chi connectivity index (χ0n) is 11.7. The van der Waals surface area contributed by atoms with Gasteiger partial charge in [-0.3, -0.25) is 4.79 Å². The first-order valence-electron chi connectivity index (χ1n) is 6.99. The van der Waals surface area contributed by atoms with Crippen molar-refractivity contribution in [2.24, 2.45) is 5.92 Å². The molecule has 6 heteroatoms. The van der Waals surface area contributed by atoms with E-state index in [2.05, 4.69) is 22.9 Å². The van der Waals surface area contributed by atoms with Crippen LogP contribution in [0.5, 0.6) is 0 Å². The highest BCUT2D eigenvalue weighted by molar-refractivity contribution is 9.10. The highest BCUT2D eigenvalue weighted by atomic mass is 79.9. The molecule has 1 aromatic rings. The number of likely N-dealkylation sites (tertiary alicyclic amines) is 1. The topological polar surface area (TPSA) is 20.3 Å². The van der Waals surface area contributed by atoms with Crippen LogP contribution in [0.3, 0.4) is 0 Å². The maximum Gasteiger partial charge on any atom is 0.417 e. The van der Waals surface area contributed by atoms with Crippen molar-refractivity contribution in [1.29, 1.82) is 0 Å². The monoisotopic (exact) mass is 363 g/mol. The van der Waals surface area contributed by atoms with Crippen molar-refractivity contribution in [2.75, 3.05) is 13.1 Å². The first-order valence-corrected chi connectivity index (χ1v) is 7.78. The van der Waals surface area contributed by atoms with Crippen LogP contribution >= 0.6 is 15.9 Å². The minimum atomic E-state index is -4.47. The average molecular weight is 364 g/mol. The van der Waals surface area contributed by atoms with E-state index in [9.17, 15) is 18.0 Å². The highest BCUT2D eigenvalue weighted by Gasteiger charge is 2.34. The number of halogens is 4. The van der Waals surface area contributed by atoms with Crippen molar-refractivity contribution in [3.8, 4) is 0 Å². The zero-order valence-corrected chi connectivity index (χ0v) is 13.3. The normalized spacial score (nSPS) is 19.1. The van der Waals surface area contributed by atoms with Crippen LogP contribution in [0, 0.1) is 5.92 Å². The molecule has 0 aliphatic carbocycles. The molecule has 116 valence electrons. The van der Waals surface area contributed by atoms with Crippen LogP contribution in [0.1, 0.15) is 42.1 Å². The Morgan fingerprint density at radius 2 is 2.14 bits per heavy atom. The summed E-state index contributed by atoms with van der Waals surface area (Å²) in [5.41, 5.74) is -0.708. The van der Waals surface area contributed by atoms with Gasteiger partial charge in [0.1, 0.15) is 0 Å². The molecule has 1 aliphatic rings. The lowest BCUT2D eigenvalue weighted by atomic mass is 10.0. The fraction of sp³-hybridized carbons (Fsp3) is 0.533. The number of hydrogen-bond acceptors (Lipinski definition) is 1. The van der Waals surface area contributed by atoms with Gasteiger partial charge < -0.3 is 4.90 Å². The number of carbonyl (C=O) groups is 1. The fourth-order valence-corrected chi connectivity index (χ4v) is 3.19. The largest absolute Gasteiger partial charge is 0.417 e. The smallest absolute Gasteiger partial charge is 0.338 e. The molecule has 1 aliphatic heterocycles. The zero-order chi connectivity index (χ0) is 15.6. The third kappa shape index (κ3) is 3.78. The van der Waals surface area contributed by atoms with Gasteiger partial charge in [-0.1, -0.05) is 29.3 Å². The molecule has 1 fully saturated rings. The second-order valence-corrected chi connectivity index (χ2v) is 6.24. The number of rotatable bonds is 3. The number of carbonyl (C=O) groups excluding carboxylic acids is 1. The molecule has 0 N–H and O–H groups in total. The Balaban J connectivity index is 2.17. The van der Waals surface area contributed by atoms with Crippen molar-refractivity contribution >= 4 is 21.8 Å². The van der Waals surface area contributed by atoms with Gasteiger partial charge in [0.2, 0.25) is 0 Å². The molecular formula is C15H17BrF3NO. The summed E-state index contributed by atoms with van der Waals surface area (Å²) >= 11 is 2.88. The van der Waals surface area contributed by atoms with E-state index < -0.39 is 11.7 Å². The number of benzene rings is 1. The van der Waals surface area contributed by atoms with Crippen LogP contribution in [-0.4, -0.2) is 23.9 Å². The quantitative estimate of drug-likeness (QED) is 0.759. The summed E-state index contributed by atoms with van der Waals surface area (Å²) in [4.78, 5) is 14.0. The van der Waals surface area contributed by atoms with Crippen LogP contribution in [0.4, 0.5) is 13.2 Å². The summed E-state index contributed by atoms with van der Waals surface area (Å²) in [6.07, 6.45) is -1.42. The van der Waals surface area contributed by atoms with Crippen LogP contribution in [0.25, 0.3) is 0 Å². The highest BCUT2D eigenvalue weighted by Crippen LogP contribution is 2.35. The number of amides is 1. The molecule has 0 spiro atoms. The molecule has 2 rings (SSSR count). The molecule has 0 aromatic heterocycles. The second-order valence-electron chi connectivity index (χ2n) is 5.39. The van der Waals surface area contributed by atoms with E-state index >= 15 is 0 Å². The van der Waals surface area contributed by atoms with E-state index in [-0.39, 0.29) is 15.9 Å². The van der Waals surface area contributed by atoms with Crippen LogP contribution in [0.2, 0.25) is 0 Å². The molecule has 1 unspecified atom stereocenters. The van der Waals surface area contributed by atoms with E-state index in [4.69, 9.17) is 0 Å². The third-order valence-electron chi connectivity index (χ3n) is 3.79. The molecule has 0 bridgehead atoms. The maximum absolute atomic E-state index is 12.9. The minimum absolute atomic E-state index is 0.0446. The Morgan fingerprint density at radius 1 is 1.43 bits per heavy atom. The van der Waals surface area contributed by atoms with Crippen LogP contribution in [0.15, 0.2) is 22.7 Å². The summed E-state index contributed by atoms with van der Waals surface area (Å²) in [6.45, 7) is 3.36. The van der Waals surface area contributed by atoms with E-state index in [1.54, 1.807) is 4.90 Å². The molecule has 0 radical (unpaired) electrons. The van der Waals surface area contributed by atoms with Crippen molar-refractivity contribution < 1.29 is 18.0 Å². The molecule has 2 nitrogen and oxygen atoms in total. The van der Waals surface area contributed by atoms with Crippen LogP contribution in [-0.2, 0) is 6.18 Å². The summed E-state index contributed by atoms with van der Waals surface area (Å²) in [6, 6.07) is 3.66. The first-order chi connectivity index (χ1) is 9.82. The Bertz CT molecular complexity index is 530. The standard InChI is InChI=1S/C15H17BrF3NO/c1-2-3-10-6-7-20(9-10)14(21)11-4-5-13(16)12(8-11)15(17,18)19/h4-5,8,10H,2-3,6-7,9H2,1H3. The molecule has 1 amide bonds. The Kier molecular flexibility index (Phi) is 4.96. The molecular weight excluding hydrogens is 347 g/mol. The third-order valence-corrected chi connectivity index (χ3v) is 4.48. The van der Waals surface area contributed by atoms with Gasteiger partial charge in [0.05, 0.1) is 5.56 Å². The Morgan fingerprint density at radius 3 is 2.76 bits per heavy atom. The Hall–Kier alpha value is -1.04. The van der Waals surface area contributed by atoms with Crippen molar-refractivity contribution in [3.63, 3.8) is 0 Å². The van der Waals surface area contributed by atoms with Crippen molar-refractivity contribution in [1.82, 2.24) is 4.90 Å². The van der Waals surface area contributed by atoms with Gasteiger partial charge in [0.15, 0.2) is 0 Å². The lowest BCUT2D eigenvalue weighted by Gasteiger charge is -2.18. The van der Waals surface area contributed by atoms with Crippen molar-refractivity contribution in [3.05, 3.63) is 33.8 Å². The number of alkyl halides is 3. The van der Waals surface area contributed by atoms with Crippen molar-refractivity contribution in [2.45, 2.75) is 32.4 Å². The van der Waals surface area contributed by atoms with E-state index in [1.165, 1.54) is 12.1 Å². The van der Waals surface area contributed by atoms with Gasteiger partial charge in [-0.05, 0) is 37.0 Å². The lowest BCUT2D eigenvalue weighted by molar-refractivity contribution is -0.138. The predicted molar refractivity (Wildman–Crippen MR) is 78.1 cm³/mol. The summed E-state index contributed by atoms with van der Waals surface area (Å²) in [7, 11) is 0. The number of nitrogens with zero attached hydrogens (tertiary/aromatic N) is 1. The fourth-order valence-electron chi connectivity index (χ4n) is 2.72. The van der Waals surface area contributed by atoms with Gasteiger partial charge in [-0.2, -0.15) is 13.2 Å². The van der Waals surface area contributed by atoms with E-state index in [1.807, 2.05) is 0 Å². The van der Waals surface area contributed by atoms with Gasteiger partial charge in [-0.25, -0.2) is 0 Å². The van der Waals surface area contributed by atoms with Gasteiger partial charge in [-0.15, -0.1) is 0 Å². The second kappa shape index (κ2) is 6.38. The van der Waals surface area contributed by atoms with Crippen LogP contribution < -0.4 is 0 Å². The molecule has 1 atom stereocenters. The molecule has 1 heterocycles. The summed E-state index contributed by atoms with van der Waals surface area (Å²) in [5, 5.41) is 0. The van der Waals surface area contributed by atoms with E-state index in [0.717, 1.165) is 25.3 Å². The summed E-state index contributed by atoms with van der Waals surface area (Å²) < 4.78 is 38.6. The molecule has 21 heavy (non-hydrogen) atoms. The lowest BCUT2D eigenvalue weighted by Crippen LogP contribution is -2.29. The molecule has 1 aromatic carbocycles. The predicted octanol–water partition coefficient (Wildman–Crippen LogP) is 4.73. The minimum Gasteiger partial charge on any atom is -0.338 e. The van der Waals surface area contributed by atoms with E-state index in [0.29, 0.717) is 19.0 Å².